The van der Waals surface area contributed by atoms with E-state index in [1.807, 2.05) is 61.5 Å². The van der Waals surface area contributed by atoms with E-state index in [0.717, 1.165) is 27.8 Å². The standard InChI is InChI=1S/C19H17NO3S/c1-12-10-17(20-16-11-14(23-2)8-9-15(12)16)24-18(19(21)22)13-6-4-3-5-7-13/h3-11,18H,1-2H3,(H,21,22). The minimum atomic E-state index is -0.878. The van der Waals surface area contributed by atoms with Gasteiger partial charge in [-0.1, -0.05) is 42.1 Å². The SMILES string of the molecule is COc1ccc2c(C)cc(SC(C(=O)O)c3ccccc3)nc2c1. The molecule has 3 aromatic rings. The summed E-state index contributed by atoms with van der Waals surface area (Å²) < 4.78 is 5.25. The summed E-state index contributed by atoms with van der Waals surface area (Å²) in [5.41, 5.74) is 2.61. The summed E-state index contributed by atoms with van der Waals surface area (Å²) in [6, 6.07) is 16.9. The van der Waals surface area contributed by atoms with Gasteiger partial charge < -0.3 is 9.84 Å². The fourth-order valence-electron chi connectivity index (χ4n) is 2.55. The zero-order valence-corrected chi connectivity index (χ0v) is 14.2. The van der Waals surface area contributed by atoms with Crippen LogP contribution in [0.5, 0.6) is 5.75 Å². The second-order valence-corrected chi connectivity index (χ2v) is 6.53. The largest absolute Gasteiger partial charge is 0.497 e. The zero-order chi connectivity index (χ0) is 17.1. The number of aliphatic carboxylic acids is 1. The second kappa shape index (κ2) is 6.93. The molecule has 0 fully saturated rings. The van der Waals surface area contributed by atoms with Gasteiger partial charge in [0.05, 0.1) is 17.7 Å². The van der Waals surface area contributed by atoms with Gasteiger partial charge in [-0.05, 0) is 36.2 Å². The van der Waals surface area contributed by atoms with Crippen molar-refractivity contribution in [2.45, 2.75) is 17.2 Å². The van der Waals surface area contributed by atoms with Crippen molar-refractivity contribution in [2.75, 3.05) is 7.11 Å². The number of pyridine rings is 1. The van der Waals surface area contributed by atoms with Crippen LogP contribution in [0.1, 0.15) is 16.4 Å². The van der Waals surface area contributed by atoms with Crippen LogP contribution in [0.4, 0.5) is 0 Å². The van der Waals surface area contributed by atoms with Crippen LogP contribution >= 0.6 is 11.8 Å². The van der Waals surface area contributed by atoms with E-state index in [0.29, 0.717) is 5.03 Å². The number of carboxylic acid groups (broad SMARTS) is 1. The number of carboxylic acids is 1. The Balaban J connectivity index is 2.00. The Hall–Kier alpha value is -2.53. The van der Waals surface area contributed by atoms with Crippen LogP contribution in [-0.4, -0.2) is 23.2 Å². The first-order chi connectivity index (χ1) is 11.6. The van der Waals surface area contributed by atoms with Crippen LogP contribution in [-0.2, 0) is 4.79 Å². The van der Waals surface area contributed by atoms with Gasteiger partial charge in [0.2, 0.25) is 0 Å². The lowest BCUT2D eigenvalue weighted by Gasteiger charge is -2.13. The summed E-state index contributed by atoms with van der Waals surface area (Å²) in [5.74, 6) is -0.147. The van der Waals surface area contributed by atoms with Crippen LogP contribution in [0.2, 0.25) is 0 Å². The van der Waals surface area contributed by atoms with Crippen molar-refractivity contribution in [3.63, 3.8) is 0 Å². The molecule has 1 atom stereocenters. The number of carbonyl (C=O) groups is 1. The Bertz CT molecular complexity index is 880. The van der Waals surface area contributed by atoms with Gasteiger partial charge in [0.15, 0.2) is 0 Å². The number of aryl methyl sites for hydroxylation is 1. The van der Waals surface area contributed by atoms with Crippen molar-refractivity contribution >= 4 is 28.6 Å². The highest BCUT2D eigenvalue weighted by atomic mass is 32.2. The average Bonchev–Trinajstić information content (AvgIpc) is 2.59. The predicted molar refractivity (Wildman–Crippen MR) is 95.7 cm³/mol. The molecule has 0 radical (unpaired) electrons. The van der Waals surface area contributed by atoms with E-state index in [-0.39, 0.29) is 0 Å². The van der Waals surface area contributed by atoms with Gasteiger partial charge in [-0.25, -0.2) is 4.98 Å². The van der Waals surface area contributed by atoms with Crippen LogP contribution < -0.4 is 4.74 Å². The van der Waals surface area contributed by atoms with Gasteiger partial charge in [0.1, 0.15) is 11.0 Å². The molecule has 0 bridgehead atoms. The number of aromatic nitrogens is 1. The third-order valence-corrected chi connectivity index (χ3v) is 4.93. The third-order valence-electron chi connectivity index (χ3n) is 3.77. The van der Waals surface area contributed by atoms with Gasteiger partial charge in [0, 0.05) is 11.5 Å². The van der Waals surface area contributed by atoms with Gasteiger partial charge >= 0.3 is 5.97 Å². The van der Waals surface area contributed by atoms with E-state index in [9.17, 15) is 9.90 Å². The van der Waals surface area contributed by atoms with E-state index in [1.165, 1.54) is 11.8 Å². The lowest BCUT2D eigenvalue weighted by molar-refractivity contribution is -0.136. The quantitative estimate of drug-likeness (QED) is 0.695. The first kappa shape index (κ1) is 16.3. The molecule has 1 aromatic heterocycles. The molecule has 5 heteroatoms. The highest BCUT2D eigenvalue weighted by Crippen LogP contribution is 2.36. The number of hydrogen-bond donors (Lipinski definition) is 1. The first-order valence-corrected chi connectivity index (χ1v) is 8.36. The lowest BCUT2D eigenvalue weighted by Crippen LogP contribution is -2.08. The highest BCUT2D eigenvalue weighted by molar-refractivity contribution is 8.00. The summed E-state index contributed by atoms with van der Waals surface area (Å²) in [7, 11) is 1.61. The Morgan fingerprint density at radius 3 is 2.58 bits per heavy atom. The highest BCUT2D eigenvalue weighted by Gasteiger charge is 2.22. The van der Waals surface area contributed by atoms with E-state index >= 15 is 0 Å². The monoisotopic (exact) mass is 339 g/mol. The zero-order valence-electron chi connectivity index (χ0n) is 13.4. The van der Waals surface area contributed by atoms with E-state index in [4.69, 9.17) is 4.74 Å². The molecule has 122 valence electrons. The first-order valence-electron chi connectivity index (χ1n) is 7.48. The molecule has 0 saturated heterocycles. The summed E-state index contributed by atoms with van der Waals surface area (Å²) >= 11 is 1.24. The molecule has 0 amide bonds. The fraction of sp³-hybridized carbons (Fsp3) is 0.158. The molecule has 1 N–H and O–H groups in total. The van der Waals surface area contributed by atoms with Crippen LogP contribution in [0.15, 0.2) is 59.6 Å². The van der Waals surface area contributed by atoms with Crippen molar-refractivity contribution < 1.29 is 14.6 Å². The molecular formula is C19H17NO3S. The smallest absolute Gasteiger partial charge is 0.321 e. The third kappa shape index (κ3) is 3.36. The predicted octanol–water partition coefficient (Wildman–Crippen LogP) is 4.47. The maximum Gasteiger partial charge on any atom is 0.321 e. The molecule has 2 aromatic carbocycles. The number of ether oxygens (including phenoxy) is 1. The summed E-state index contributed by atoms with van der Waals surface area (Å²) in [5, 5.41) is 10.6. The molecule has 1 unspecified atom stereocenters. The number of nitrogens with zero attached hydrogens (tertiary/aromatic N) is 1. The number of hydrogen-bond acceptors (Lipinski definition) is 4. The molecule has 3 rings (SSSR count). The number of methoxy groups -OCH3 is 1. The average molecular weight is 339 g/mol. The van der Waals surface area contributed by atoms with E-state index in [2.05, 4.69) is 4.98 Å². The Morgan fingerprint density at radius 2 is 1.92 bits per heavy atom. The van der Waals surface area contributed by atoms with Crippen molar-refractivity contribution in [1.82, 2.24) is 4.98 Å². The van der Waals surface area contributed by atoms with Gasteiger partial charge in [-0.3, -0.25) is 4.79 Å². The molecular weight excluding hydrogens is 322 g/mol. The minimum absolute atomic E-state index is 0.685. The fourth-order valence-corrected chi connectivity index (χ4v) is 3.58. The molecule has 4 nitrogen and oxygen atoms in total. The molecule has 1 heterocycles. The van der Waals surface area contributed by atoms with E-state index < -0.39 is 11.2 Å². The molecule has 24 heavy (non-hydrogen) atoms. The molecule has 0 aliphatic heterocycles. The molecule has 0 saturated carbocycles. The van der Waals surface area contributed by atoms with Gasteiger partial charge in [-0.2, -0.15) is 0 Å². The number of rotatable bonds is 5. The second-order valence-electron chi connectivity index (χ2n) is 5.41. The van der Waals surface area contributed by atoms with Crippen molar-refractivity contribution in [3.8, 4) is 5.75 Å². The molecule has 0 aliphatic rings. The number of benzene rings is 2. The van der Waals surface area contributed by atoms with Gasteiger partial charge in [0.25, 0.3) is 0 Å². The summed E-state index contributed by atoms with van der Waals surface area (Å²) in [6.07, 6.45) is 0. The van der Waals surface area contributed by atoms with Crippen molar-refractivity contribution in [1.29, 1.82) is 0 Å². The van der Waals surface area contributed by atoms with Gasteiger partial charge in [-0.15, -0.1) is 0 Å². The van der Waals surface area contributed by atoms with Crippen LogP contribution in [0.25, 0.3) is 10.9 Å². The van der Waals surface area contributed by atoms with Crippen molar-refractivity contribution in [3.05, 3.63) is 65.7 Å². The number of thioether (sulfide) groups is 1. The summed E-state index contributed by atoms with van der Waals surface area (Å²) in [4.78, 5) is 16.3. The Kier molecular flexibility index (Phi) is 4.71. The summed E-state index contributed by atoms with van der Waals surface area (Å²) in [6.45, 7) is 2.00. The van der Waals surface area contributed by atoms with E-state index in [1.54, 1.807) is 7.11 Å². The normalized spacial score (nSPS) is 12.1. The number of fused-ring (bicyclic) bond motifs is 1. The molecule has 0 spiro atoms. The topological polar surface area (TPSA) is 59.4 Å². The molecule has 0 aliphatic carbocycles. The van der Waals surface area contributed by atoms with Crippen LogP contribution in [0, 0.1) is 6.92 Å². The lowest BCUT2D eigenvalue weighted by atomic mass is 10.1. The maximum atomic E-state index is 11.7. The Labute approximate surface area is 144 Å². The van der Waals surface area contributed by atoms with Crippen LogP contribution in [0.3, 0.4) is 0 Å². The minimum Gasteiger partial charge on any atom is -0.497 e. The Morgan fingerprint density at radius 1 is 1.17 bits per heavy atom. The van der Waals surface area contributed by atoms with Crippen molar-refractivity contribution in [2.24, 2.45) is 0 Å². The maximum absolute atomic E-state index is 11.7.